The first-order valence-electron chi connectivity index (χ1n) is 9.70. The van der Waals surface area contributed by atoms with Crippen molar-refractivity contribution in [2.45, 2.75) is 76.8 Å². The monoisotopic (exact) mass is 328 g/mol. The molecule has 3 heteroatoms. The maximum absolute atomic E-state index is 11.6. The lowest BCUT2D eigenvalue weighted by Gasteiger charge is -2.48. The molecule has 2 aliphatic rings. The number of nitrogens with one attached hydrogen (secondary N) is 1. The van der Waals surface area contributed by atoms with Gasteiger partial charge in [-0.1, -0.05) is 38.1 Å². The minimum Gasteiger partial charge on any atom is -0.350 e. The van der Waals surface area contributed by atoms with Crippen LogP contribution in [0.5, 0.6) is 0 Å². The zero-order valence-corrected chi connectivity index (χ0v) is 15.5. The number of fused-ring (bicyclic) bond motifs is 2. The molecule has 0 bridgehead atoms. The van der Waals surface area contributed by atoms with Crippen LogP contribution in [0.15, 0.2) is 24.3 Å². The van der Waals surface area contributed by atoms with E-state index < -0.39 is 0 Å². The number of piperidine rings is 1. The molecule has 0 unspecified atom stereocenters. The number of likely N-dealkylation sites (tertiary alicyclic amines) is 1. The summed E-state index contributed by atoms with van der Waals surface area (Å²) >= 11 is 0. The Morgan fingerprint density at radius 1 is 1.21 bits per heavy atom. The molecule has 0 saturated carbocycles. The Labute approximate surface area is 146 Å². The molecule has 1 spiro atoms. The van der Waals surface area contributed by atoms with Crippen molar-refractivity contribution in [3.63, 3.8) is 0 Å². The third-order valence-electron chi connectivity index (χ3n) is 6.41. The standard InChI is InChI=1S/C21H32N2O/c1-4-17(5-2)23-14-12-21(13-15-23)11-10-20(22-16(3)24)18-8-6-7-9-19(18)21/h6-9,17,20H,4-5,10-15H2,1-3H3,(H,22,24)/t20-/m0/s1. The Morgan fingerprint density at radius 3 is 2.50 bits per heavy atom. The number of hydrogen-bond acceptors (Lipinski definition) is 2. The van der Waals surface area contributed by atoms with Crippen LogP contribution in [-0.2, 0) is 10.2 Å². The topological polar surface area (TPSA) is 32.3 Å². The Balaban J connectivity index is 1.81. The molecule has 1 aromatic carbocycles. The molecule has 0 radical (unpaired) electrons. The van der Waals surface area contributed by atoms with E-state index in [4.69, 9.17) is 0 Å². The lowest BCUT2D eigenvalue weighted by Crippen LogP contribution is -2.48. The van der Waals surface area contributed by atoms with Crippen molar-refractivity contribution in [2.24, 2.45) is 0 Å². The number of amides is 1. The highest BCUT2D eigenvalue weighted by molar-refractivity contribution is 5.73. The van der Waals surface area contributed by atoms with Gasteiger partial charge in [0.2, 0.25) is 5.91 Å². The van der Waals surface area contributed by atoms with E-state index in [0.29, 0.717) is 5.41 Å². The molecule has 1 N–H and O–H groups in total. The molecule has 1 fully saturated rings. The summed E-state index contributed by atoms with van der Waals surface area (Å²) in [4.78, 5) is 14.3. The Kier molecular flexibility index (Phi) is 5.29. The zero-order valence-electron chi connectivity index (χ0n) is 15.5. The minimum absolute atomic E-state index is 0.0781. The van der Waals surface area contributed by atoms with E-state index in [2.05, 4.69) is 48.3 Å². The van der Waals surface area contributed by atoms with Crippen LogP contribution in [-0.4, -0.2) is 29.9 Å². The maximum Gasteiger partial charge on any atom is 0.217 e. The van der Waals surface area contributed by atoms with Gasteiger partial charge in [0.1, 0.15) is 0 Å². The smallest absolute Gasteiger partial charge is 0.217 e. The highest BCUT2D eigenvalue weighted by Gasteiger charge is 2.42. The van der Waals surface area contributed by atoms with Gasteiger partial charge < -0.3 is 10.2 Å². The summed E-state index contributed by atoms with van der Waals surface area (Å²) in [5, 5.41) is 3.16. The van der Waals surface area contributed by atoms with Gasteiger partial charge in [0.05, 0.1) is 6.04 Å². The van der Waals surface area contributed by atoms with Gasteiger partial charge in [-0.25, -0.2) is 0 Å². The first-order valence-corrected chi connectivity index (χ1v) is 9.70. The third kappa shape index (κ3) is 3.23. The van der Waals surface area contributed by atoms with Gasteiger partial charge in [0, 0.05) is 13.0 Å². The van der Waals surface area contributed by atoms with E-state index in [1.54, 1.807) is 6.92 Å². The summed E-state index contributed by atoms with van der Waals surface area (Å²) in [7, 11) is 0. The first kappa shape index (κ1) is 17.5. The second-order valence-electron chi connectivity index (χ2n) is 7.67. The first-order chi connectivity index (χ1) is 11.6. The van der Waals surface area contributed by atoms with Crippen molar-refractivity contribution in [1.82, 2.24) is 10.2 Å². The maximum atomic E-state index is 11.6. The minimum atomic E-state index is 0.0781. The molecule has 1 aliphatic carbocycles. The molecular formula is C21H32N2O. The molecule has 24 heavy (non-hydrogen) atoms. The fourth-order valence-corrected chi connectivity index (χ4v) is 5.03. The predicted molar refractivity (Wildman–Crippen MR) is 99.1 cm³/mol. The van der Waals surface area contributed by atoms with E-state index in [9.17, 15) is 4.79 Å². The van der Waals surface area contributed by atoms with Gasteiger partial charge in [-0.15, -0.1) is 0 Å². The lowest BCUT2D eigenvalue weighted by molar-refractivity contribution is -0.119. The average Bonchev–Trinajstić information content (AvgIpc) is 2.60. The van der Waals surface area contributed by atoms with E-state index in [1.165, 1.54) is 56.3 Å². The highest BCUT2D eigenvalue weighted by atomic mass is 16.1. The van der Waals surface area contributed by atoms with Gasteiger partial charge in [0.25, 0.3) is 0 Å². The van der Waals surface area contributed by atoms with Gasteiger partial charge in [0.15, 0.2) is 0 Å². The molecule has 3 nitrogen and oxygen atoms in total. The van der Waals surface area contributed by atoms with Gasteiger partial charge in [-0.05, 0) is 68.2 Å². The Bertz CT molecular complexity index is 571. The second kappa shape index (κ2) is 7.26. The molecule has 1 atom stereocenters. The Morgan fingerprint density at radius 2 is 1.88 bits per heavy atom. The normalized spacial score (nSPS) is 23.2. The van der Waals surface area contributed by atoms with Crippen LogP contribution < -0.4 is 5.32 Å². The SMILES string of the molecule is CCC(CC)N1CCC2(CC[C@H](NC(C)=O)c3ccccc32)CC1. The van der Waals surface area contributed by atoms with E-state index in [-0.39, 0.29) is 11.9 Å². The summed E-state index contributed by atoms with van der Waals surface area (Å²) < 4.78 is 0. The van der Waals surface area contributed by atoms with Crippen molar-refractivity contribution >= 4 is 5.91 Å². The summed E-state index contributed by atoms with van der Waals surface area (Å²) in [5.41, 5.74) is 3.18. The number of hydrogen-bond donors (Lipinski definition) is 1. The van der Waals surface area contributed by atoms with Crippen LogP contribution in [0.3, 0.4) is 0 Å². The van der Waals surface area contributed by atoms with E-state index >= 15 is 0 Å². The van der Waals surface area contributed by atoms with Crippen LogP contribution >= 0.6 is 0 Å². The van der Waals surface area contributed by atoms with Crippen LogP contribution in [0.1, 0.15) is 76.5 Å². The van der Waals surface area contributed by atoms with E-state index in [0.717, 1.165) is 12.5 Å². The zero-order chi connectivity index (χ0) is 17.2. The van der Waals surface area contributed by atoms with Gasteiger partial charge >= 0.3 is 0 Å². The molecule has 1 saturated heterocycles. The molecule has 1 aliphatic heterocycles. The third-order valence-corrected chi connectivity index (χ3v) is 6.41. The summed E-state index contributed by atoms with van der Waals surface area (Å²) in [5.74, 6) is 0.0781. The van der Waals surface area contributed by atoms with Crippen LogP contribution in [0.2, 0.25) is 0 Å². The highest BCUT2D eigenvalue weighted by Crippen LogP contribution is 2.48. The molecule has 132 valence electrons. The summed E-state index contributed by atoms with van der Waals surface area (Å²) in [6.07, 6.45) is 7.29. The van der Waals surface area contributed by atoms with Gasteiger partial charge in [-0.3, -0.25) is 4.79 Å². The summed E-state index contributed by atoms with van der Waals surface area (Å²) in [6, 6.07) is 9.77. The van der Waals surface area contributed by atoms with E-state index in [1.807, 2.05) is 0 Å². The van der Waals surface area contributed by atoms with Crippen molar-refractivity contribution in [2.75, 3.05) is 13.1 Å². The number of nitrogens with zero attached hydrogens (tertiary/aromatic N) is 1. The molecule has 1 heterocycles. The molecule has 3 rings (SSSR count). The Hall–Kier alpha value is -1.35. The quantitative estimate of drug-likeness (QED) is 0.899. The largest absolute Gasteiger partial charge is 0.350 e. The van der Waals surface area contributed by atoms with Crippen molar-refractivity contribution < 1.29 is 4.79 Å². The molecular weight excluding hydrogens is 296 g/mol. The van der Waals surface area contributed by atoms with Crippen molar-refractivity contribution in [3.05, 3.63) is 35.4 Å². The van der Waals surface area contributed by atoms with Crippen LogP contribution in [0.4, 0.5) is 0 Å². The lowest BCUT2D eigenvalue weighted by atomic mass is 9.63. The number of benzene rings is 1. The fourth-order valence-electron chi connectivity index (χ4n) is 5.03. The van der Waals surface area contributed by atoms with Crippen LogP contribution in [0, 0.1) is 0 Å². The second-order valence-corrected chi connectivity index (χ2v) is 7.67. The van der Waals surface area contributed by atoms with Crippen LogP contribution in [0.25, 0.3) is 0 Å². The number of carbonyl (C=O) groups is 1. The average molecular weight is 329 g/mol. The fraction of sp³-hybridized carbons (Fsp3) is 0.667. The molecule has 0 aromatic heterocycles. The van der Waals surface area contributed by atoms with Crippen molar-refractivity contribution in [3.8, 4) is 0 Å². The number of rotatable bonds is 4. The number of carbonyl (C=O) groups excluding carboxylic acids is 1. The molecule has 1 amide bonds. The summed E-state index contributed by atoms with van der Waals surface area (Å²) in [6.45, 7) is 8.68. The molecule has 1 aromatic rings. The van der Waals surface area contributed by atoms with Gasteiger partial charge in [-0.2, -0.15) is 0 Å². The predicted octanol–water partition coefficient (Wildman–Crippen LogP) is 4.18. The van der Waals surface area contributed by atoms with Crippen molar-refractivity contribution in [1.29, 1.82) is 0 Å².